The highest BCUT2D eigenvalue weighted by atomic mass is 16.3. The maximum absolute atomic E-state index is 13.3. The third-order valence-corrected chi connectivity index (χ3v) is 4.95. The molecule has 1 aromatic rings. The maximum atomic E-state index is 13.3. The number of aromatic nitrogens is 3. The zero-order chi connectivity index (χ0) is 18.4. The lowest BCUT2D eigenvalue weighted by atomic mass is 9.85. The Bertz CT molecular complexity index is 661. The SMILES string of the molecule is CNC(=O)[C@@H]1C[C@@H](O)CN1C(=O)[C@@H](n1cc(C2CC2)nn1)C(C)(C)C. The summed E-state index contributed by atoms with van der Waals surface area (Å²) in [4.78, 5) is 26.9. The van der Waals surface area contributed by atoms with Crippen molar-refractivity contribution in [3.05, 3.63) is 11.9 Å². The van der Waals surface area contributed by atoms with E-state index in [1.165, 1.54) is 11.9 Å². The summed E-state index contributed by atoms with van der Waals surface area (Å²) in [5, 5.41) is 21.0. The number of nitrogens with zero attached hydrogens (tertiary/aromatic N) is 4. The van der Waals surface area contributed by atoms with Crippen molar-refractivity contribution in [1.29, 1.82) is 0 Å². The van der Waals surface area contributed by atoms with E-state index in [-0.39, 0.29) is 24.8 Å². The van der Waals surface area contributed by atoms with Crippen molar-refractivity contribution in [1.82, 2.24) is 25.2 Å². The molecule has 1 saturated carbocycles. The summed E-state index contributed by atoms with van der Waals surface area (Å²) in [5.74, 6) is -0.00332. The molecule has 3 atom stereocenters. The van der Waals surface area contributed by atoms with Gasteiger partial charge in [0.1, 0.15) is 12.1 Å². The molecule has 1 aromatic heterocycles. The van der Waals surface area contributed by atoms with Crippen molar-refractivity contribution in [3.63, 3.8) is 0 Å². The number of aliphatic hydroxyl groups excluding tert-OH is 1. The molecule has 25 heavy (non-hydrogen) atoms. The van der Waals surface area contributed by atoms with Gasteiger partial charge in [-0.25, -0.2) is 4.68 Å². The van der Waals surface area contributed by atoms with Crippen molar-refractivity contribution in [2.45, 2.75) is 64.1 Å². The molecule has 2 aliphatic rings. The first-order chi connectivity index (χ1) is 11.7. The van der Waals surface area contributed by atoms with E-state index in [1.807, 2.05) is 27.0 Å². The molecule has 0 aromatic carbocycles. The molecule has 1 aliphatic carbocycles. The van der Waals surface area contributed by atoms with Crippen molar-refractivity contribution in [2.24, 2.45) is 5.41 Å². The van der Waals surface area contributed by atoms with Crippen molar-refractivity contribution >= 4 is 11.8 Å². The summed E-state index contributed by atoms with van der Waals surface area (Å²) in [7, 11) is 1.54. The normalized spacial score (nSPS) is 25.1. The predicted molar refractivity (Wildman–Crippen MR) is 90.7 cm³/mol. The number of hydrogen-bond acceptors (Lipinski definition) is 5. The van der Waals surface area contributed by atoms with Crippen LogP contribution in [0.5, 0.6) is 0 Å². The zero-order valence-corrected chi connectivity index (χ0v) is 15.3. The van der Waals surface area contributed by atoms with E-state index in [4.69, 9.17) is 0 Å². The fourth-order valence-corrected chi connectivity index (χ4v) is 3.49. The minimum atomic E-state index is -0.690. The number of nitrogens with one attached hydrogen (secondary N) is 1. The predicted octanol–water partition coefficient (Wildman–Crippen LogP) is 0.450. The Hall–Kier alpha value is -1.96. The van der Waals surface area contributed by atoms with Crippen molar-refractivity contribution in [3.8, 4) is 0 Å². The number of β-amino-alcohol motifs (C(OH)–C–C–N with tert-alkyl or cyclic N) is 1. The minimum Gasteiger partial charge on any atom is -0.391 e. The quantitative estimate of drug-likeness (QED) is 0.822. The maximum Gasteiger partial charge on any atom is 0.248 e. The second-order valence-corrected chi connectivity index (χ2v) is 8.18. The molecule has 2 N–H and O–H groups in total. The number of carbonyl (C=O) groups is 2. The van der Waals surface area contributed by atoms with Crippen LogP contribution in [0.4, 0.5) is 0 Å². The third-order valence-electron chi connectivity index (χ3n) is 4.95. The van der Waals surface area contributed by atoms with Crippen LogP contribution < -0.4 is 5.32 Å². The Labute approximate surface area is 147 Å². The van der Waals surface area contributed by atoms with Crippen LogP contribution in [0.1, 0.15) is 57.7 Å². The number of aliphatic hydroxyl groups is 1. The van der Waals surface area contributed by atoms with E-state index in [9.17, 15) is 14.7 Å². The van der Waals surface area contributed by atoms with Crippen LogP contribution in [-0.4, -0.2) is 62.6 Å². The van der Waals surface area contributed by atoms with E-state index in [1.54, 1.807) is 4.68 Å². The Balaban J connectivity index is 1.89. The Morgan fingerprint density at radius 3 is 2.60 bits per heavy atom. The molecule has 0 unspecified atom stereocenters. The highest BCUT2D eigenvalue weighted by Crippen LogP contribution is 2.40. The molecule has 0 bridgehead atoms. The Morgan fingerprint density at radius 1 is 1.36 bits per heavy atom. The standard InChI is InChI=1S/C17H27N5O3/c1-17(2,3)14(22-9-12(19-20-22)10-5-6-10)16(25)21-8-11(23)7-13(21)15(24)18-4/h9-11,13-14,23H,5-8H2,1-4H3,(H,18,24)/t11-,13+,14-/m1/s1. The van der Waals surface area contributed by atoms with Gasteiger partial charge in [0, 0.05) is 32.1 Å². The van der Waals surface area contributed by atoms with Crippen LogP contribution in [0.15, 0.2) is 6.20 Å². The minimum absolute atomic E-state index is 0.160. The van der Waals surface area contributed by atoms with Crippen LogP contribution in [0, 0.1) is 5.41 Å². The molecule has 1 saturated heterocycles. The van der Waals surface area contributed by atoms with E-state index in [0.29, 0.717) is 5.92 Å². The first-order valence-electron chi connectivity index (χ1n) is 8.84. The topological polar surface area (TPSA) is 100 Å². The summed E-state index contributed by atoms with van der Waals surface area (Å²) in [6, 6.07) is -1.23. The van der Waals surface area contributed by atoms with E-state index in [2.05, 4.69) is 15.6 Å². The zero-order valence-electron chi connectivity index (χ0n) is 15.3. The summed E-state index contributed by atoms with van der Waals surface area (Å²) < 4.78 is 1.63. The van der Waals surface area contributed by atoms with Gasteiger partial charge in [0.2, 0.25) is 11.8 Å². The number of likely N-dealkylation sites (tertiary alicyclic amines) is 1. The lowest BCUT2D eigenvalue weighted by molar-refractivity contribution is -0.144. The highest BCUT2D eigenvalue weighted by Gasteiger charge is 2.45. The van der Waals surface area contributed by atoms with Gasteiger partial charge < -0.3 is 15.3 Å². The molecule has 138 valence electrons. The van der Waals surface area contributed by atoms with Gasteiger partial charge in [-0.2, -0.15) is 0 Å². The smallest absolute Gasteiger partial charge is 0.248 e. The fraction of sp³-hybridized carbons (Fsp3) is 0.765. The van der Waals surface area contributed by atoms with Gasteiger partial charge in [-0.1, -0.05) is 26.0 Å². The van der Waals surface area contributed by atoms with Gasteiger partial charge in [0.05, 0.1) is 11.8 Å². The molecule has 2 heterocycles. The van der Waals surface area contributed by atoms with Gasteiger partial charge in [-0.3, -0.25) is 9.59 Å². The third kappa shape index (κ3) is 3.53. The summed E-state index contributed by atoms with van der Waals surface area (Å²) in [6.45, 7) is 6.06. The molecule has 8 nitrogen and oxygen atoms in total. The van der Waals surface area contributed by atoms with Crippen LogP contribution in [-0.2, 0) is 9.59 Å². The van der Waals surface area contributed by atoms with Gasteiger partial charge in [0.15, 0.2) is 0 Å². The molecule has 2 amide bonds. The number of likely N-dealkylation sites (N-methyl/N-ethyl adjacent to an activating group) is 1. The summed E-state index contributed by atoms with van der Waals surface area (Å²) >= 11 is 0. The van der Waals surface area contributed by atoms with Crippen LogP contribution in [0.25, 0.3) is 0 Å². The van der Waals surface area contributed by atoms with Gasteiger partial charge in [-0.05, 0) is 18.3 Å². The highest BCUT2D eigenvalue weighted by molar-refractivity contribution is 5.90. The van der Waals surface area contributed by atoms with Crippen LogP contribution in [0.3, 0.4) is 0 Å². The molecule has 8 heteroatoms. The number of amides is 2. The van der Waals surface area contributed by atoms with Gasteiger partial charge in [-0.15, -0.1) is 5.10 Å². The Morgan fingerprint density at radius 2 is 2.04 bits per heavy atom. The van der Waals surface area contributed by atoms with E-state index < -0.39 is 23.6 Å². The molecule has 2 fully saturated rings. The van der Waals surface area contributed by atoms with Crippen LogP contribution in [0.2, 0.25) is 0 Å². The van der Waals surface area contributed by atoms with Crippen molar-refractivity contribution < 1.29 is 14.7 Å². The summed E-state index contributed by atoms with van der Waals surface area (Å²) in [5.41, 5.74) is 0.512. The van der Waals surface area contributed by atoms with Gasteiger partial charge >= 0.3 is 0 Å². The average Bonchev–Trinajstić information content (AvgIpc) is 3.15. The molecular weight excluding hydrogens is 322 g/mol. The average molecular weight is 349 g/mol. The van der Waals surface area contributed by atoms with Crippen molar-refractivity contribution in [2.75, 3.05) is 13.6 Å². The number of carbonyl (C=O) groups excluding carboxylic acids is 2. The molecule has 1 aliphatic heterocycles. The Kier molecular flexibility index (Phi) is 4.57. The lowest BCUT2D eigenvalue weighted by Gasteiger charge is -2.34. The molecule has 0 spiro atoms. The molecule has 3 rings (SSSR count). The first kappa shape index (κ1) is 17.8. The van der Waals surface area contributed by atoms with E-state index >= 15 is 0 Å². The number of rotatable bonds is 4. The second-order valence-electron chi connectivity index (χ2n) is 8.18. The monoisotopic (exact) mass is 349 g/mol. The molecule has 0 radical (unpaired) electrons. The fourth-order valence-electron chi connectivity index (χ4n) is 3.49. The van der Waals surface area contributed by atoms with E-state index in [0.717, 1.165) is 18.5 Å². The first-order valence-corrected chi connectivity index (χ1v) is 8.84. The second kappa shape index (κ2) is 6.40. The number of hydrogen-bond donors (Lipinski definition) is 2. The lowest BCUT2D eigenvalue weighted by Crippen LogP contribution is -2.49. The largest absolute Gasteiger partial charge is 0.391 e. The van der Waals surface area contributed by atoms with Crippen LogP contribution >= 0.6 is 0 Å². The summed E-state index contributed by atoms with van der Waals surface area (Å²) in [6.07, 6.45) is 3.65. The van der Waals surface area contributed by atoms with Gasteiger partial charge in [0.25, 0.3) is 0 Å². The molecular formula is C17H27N5O3.